The van der Waals surface area contributed by atoms with Crippen molar-refractivity contribution in [2.24, 2.45) is 0 Å². The molecule has 0 aliphatic heterocycles. The van der Waals surface area contributed by atoms with E-state index in [1.807, 2.05) is 0 Å². The fraction of sp³-hybridized carbons (Fsp3) is 0.167. The highest BCUT2D eigenvalue weighted by Gasteiger charge is 1.95. The molecule has 0 saturated carbocycles. The summed E-state index contributed by atoms with van der Waals surface area (Å²) in [6.07, 6.45) is 1.52. The minimum atomic E-state index is -0.795. The summed E-state index contributed by atoms with van der Waals surface area (Å²) >= 11 is 0. The van der Waals surface area contributed by atoms with Crippen LogP contribution >= 0.6 is 0 Å². The first-order valence-corrected chi connectivity index (χ1v) is 2.81. The smallest absolute Gasteiger partial charge is 0.333 e. The number of nitrogens with one attached hydrogen (secondary N) is 2. The highest BCUT2D eigenvalue weighted by atomic mass is 16.3. The number of urea groups is 1. The second kappa shape index (κ2) is 2.91. The van der Waals surface area contributed by atoms with Gasteiger partial charge in [-0.05, 0) is 12.1 Å². The average Bonchev–Trinajstić information content (AvgIpc) is 2.34. The maximum absolute atomic E-state index is 10.1. The fourth-order valence-corrected chi connectivity index (χ4v) is 0.581. The van der Waals surface area contributed by atoms with Crippen molar-refractivity contribution in [2.75, 3.05) is 0 Å². The van der Waals surface area contributed by atoms with E-state index >= 15 is 0 Å². The minimum Gasteiger partial charge on any atom is -0.467 e. The highest BCUT2D eigenvalue weighted by molar-refractivity contribution is 5.70. The van der Waals surface area contributed by atoms with Crippen LogP contribution < -0.4 is 11.1 Å². The summed E-state index contributed by atoms with van der Waals surface area (Å²) < 4.78 is 4.89. The van der Waals surface area contributed by atoms with E-state index in [0.29, 0.717) is 5.76 Å². The van der Waals surface area contributed by atoms with Crippen LogP contribution in [-0.4, -0.2) is 6.03 Å². The molecule has 0 aromatic carbocycles. The molecule has 53 valence electrons. The second-order valence-electron chi connectivity index (χ2n) is 1.76. The molecule has 1 aromatic heterocycles. The lowest BCUT2D eigenvalue weighted by Crippen LogP contribution is -2.20. The number of hydrogen-bond acceptors (Lipinski definition) is 2. The molecule has 0 atom stereocenters. The summed E-state index contributed by atoms with van der Waals surface area (Å²) in [6, 6.07) is 2.66. The van der Waals surface area contributed by atoms with Gasteiger partial charge in [0, 0.05) is 0 Å². The van der Waals surface area contributed by atoms with Crippen LogP contribution in [0.25, 0.3) is 0 Å². The molecule has 4 heteroatoms. The molecule has 2 N–H and O–H groups in total. The Morgan fingerprint density at radius 3 is 3.10 bits per heavy atom. The third-order valence-electron chi connectivity index (χ3n) is 1.00. The van der Waals surface area contributed by atoms with Crippen LogP contribution in [0.15, 0.2) is 22.8 Å². The third kappa shape index (κ3) is 1.81. The Morgan fingerprint density at radius 2 is 2.60 bits per heavy atom. The fourth-order valence-electron chi connectivity index (χ4n) is 0.581. The van der Waals surface area contributed by atoms with E-state index in [2.05, 4.69) is 5.32 Å². The lowest BCUT2D eigenvalue weighted by atomic mass is 10.4. The Kier molecular flexibility index (Phi) is 1.94. The summed E-state index contributed by atoms with van der Waals surface area (Å²) in [4.78, 5) is 10.1. The van der Waals surface area contributed by atoms with Crippen LogP contribution in [-0.2, 0) is 6.54 Å². The van der Waals surface area contributed by atoms with Crippen LogP contribution in [0.4, 0.5) is 4.79 Å². The Balaban J connectivity index is 2.35. The predicted molar refractivity (Wildman–Crippen MR) is 34.0 cm³/mol. The Labute approximate surface area is 58.0 Å². The number of rotatable bonds is 2. The standard InChI is InChI=1S/C6H7N2O2/c7-6(9)8-4-5-2-1-3-10-5/h1-3,7H,4H2,(H,8,9). The van der Waals surface area contributed by atoms with Crippen LogP contribution in [0.2, 0.25) is 0 Å². The third-order valence-corrected chi connectivity index (χ3v) is 1.00. The maximum Gasteiger partial charge on any atom is 0.333 e. The Hall–Kier alpha value is -1.45. The zero-order valence-electron chi connectivity index (χ0n) is 5.26. The molecule has 2 amide bonds. The van der Waals surface area contributed by atoms with E-state index in [1.54, 1.807) is 12.1 Å². The Bertz CT molecular complexity index is 206. The van der Waals surface area contributed by atoms with E-state index in [-0.39, 0.29) is 6.54 Å². The topological polar surface area (TPSA) is 66.0 Å². The normalized spacial score (nSPS) is 9.20. The van der Waals surface area contributed by atoms with Crippen LogP contribution in [0, 0.1) is 0 Å². The van der Waals surface area contributed by atoms with Crippen molar-refractivity contribution in [3.05, 3.63) is 24.2 Å². The van der Waals surface area contributed by atoms with E-state index in [1.165, 1.54) is 6.26 Å². The van der Waals surface area contributed by atoms with Gasteiger partial charge >= 0.3 is 6.03 Å². The number of hydrogen-bond donors (Lipinski definition) is 1. The number of amides is 2. The van der Waals surface area contributed by atoms with E-state index in [0.717, 1.165) is 0 Å². The number of furan rings is 1. The number of carbonyl (C=O) groups is 1. The first-order chi connectivity index (χ1) is 4.79. The molecule has 0 aliphatic carbocycles. The molecule has 0 aliphatic rings. The van der Waals surface area contributed by atoms with Gasteiger partial charge in [-0.3, -0.25) is 0 Å². The molecule has 10 heavy (non-hydrogen) atoms. The summed E-state index contributed by atoms with van der Waals surface area (Å²) in [5, 5.41) is 2.28. The van der Waals surface area contributed by atoms with E-state index in [9.17, 15) is 4.79 Å². The molecule has 4 nitrogen and oxygen atoms in total. The van der Waals surface area contributed by atoms with Crippen molar-refractivity contribution >= 4 is 6.03 Å². The number of carbonyl (C=O) groups excluding carboxylic acids is 1. The van der Waals surface area contributed by atoms with Crippen molar-refractivity contribution < 1.29 is 9.21 Å². The highest BCUT2D eigenvalue weighted by Crippen LogP contribution is 1.97. The van der Waals surface area contributed by atoms with Gasteiger partial charge in [0.2, 0.25) is 0 Å². The summed E-state index contributed by atoms with van der Waals surface area (Å²) in [7, 11) is 0. The van der Waals surface area contributed by atoms with Gasteiger partial charge in [-0.15, -0.1) is 0 Å². The van der Waals surface area contributed by atoms with Gasteiger partial charge in [-0.25, -0.2) is 10.5 Å². The van der Waals surface area contributed by atoms with Crippen LogP contribution in [0.1, 0.15) is 5.76 Å². The maximum atomic E-state index is 10.1. The summed E-state index contributed by atoms with van der Waals surface area (Å²) in [6.45, 7) is 0.287. The molecule has 1 rings (SSSR count). The first kappa shape index (κ1) is 6.67. The molecular formula is C6H7N2O2. The van der Waals surface area contributed by atoms with Crippen molar-refractivity contribution in [1.82, 2.24) is 11.1 Å². The SMILES string of the molecule is [NH]C(=O)NCc1ccco1. The van der Waals surface area contributed by atoms with Crippen LogP contribution in [0.5, 0.6) is 0 Å². The lowest BCUT2D eigenvalue weighted by Gasteiger charge is -1.94. The van der Waals surface area contributed by atoms with E-state index in [4.69, 9.17) is 10.2 Å². The monoisotopic (exact) mass is 139 g/mol. The van der Waals surface area contributed by atoms with Crippen molar-refractivity contribution in [2.45, 2.75) is 6.54 Å². The van der Waals surface area contributed by atoms with E-state index < -0.39 is 6.03 Å². The van der Waals surface area contributed by atoms with Gasteiger partial charge in [0.25, 0.3) is 0 Å². The second-order valence-corrected chi connectivity index (χ2v) is 1.76. The van der Waals surface area contributed by atoms with Gasteiger partial charge in [0.15, 0.2) is 0 Å². The quantitative estimate of drug-likeness (QED) is 0.657. The van der Waals surface area contributed by atoms with Crippen LogP contribution in [0.3, 0.4) is 0 Å². The summed E-state index contributed by atoms with van der Waals surface area (Å²) in [5.41, 5.74) is 6.49. The molecular weight excluding hydrogens is 132 g/mol. The Morgan fingerprint density at radius 1 is 1.80 bits per heavy atom. The van der Waals surface area contributed by atoms with Gasteiger partial charge in [0.1, 0.15) is 5.76 Å². The summed E-state index contributed by atoms with van der Waals surface area (Å²) in [5.74, 6) is 0.653. The lowest BCUT2D eigenvalue weighted by molar-refractivity contribution is 0.246. The molecule has 1 heterocycles. The predicted octanol–water partition coefficient (Wildman–Crippen LogP) is 0.772. The average molecular weight is 139 g/mol. The largest absolute Gasteiger partial charge is 0.467 e. The first-order valence-electron chi connectivity index (χ1n) is 2.81. The molecule has 0 spiro atoms. The minimum absolute atomic E-state index is 0.287. The van der Waals surface area contributed by atoms with Gasteiger partial charge in [-0.1, -0.05) is 0 Å². The molecule has 0 bridgehead atoms. The molecule has 1 aromatic rings. The van der Waals surface area contributed by atoms with Gasteiger partial charge in [-0.2, -0.15) is 0 Å². The van der Waals surface area contributed by atoms with Gasteiger partial charge < -0.3 is 9.73 Å². The molecule has 1 radical (unpaired) electrons. The van der Waals surface area contributed by atoms with Gasteiger partial charge in [0.05, 0.1) is 12.8 Å². The zero-order chi connectivity index (χ0) is 7.40. The van der Waals surface area contributed by atoms with Crippen molar-refractivity contribution in [1.29, 1.82) is 0 Å². The molecule has 0 unspecified atom stereocenters. The zero-order valence-corrected chi connectivity index (χ0v) is 5.26. The van der Waals surface area contributed by atoms with Crippen molar-refractivity contribution in [3.63, 3.8) is 0 Å². The van der Waals surface area contributed by atoms with Crippen molar-refractivity contribution in [3.8, 4) is 0 Å². The molecule has 0 saturated heterocycles. The molecule has 0 fully saturated rings.